The Labute approximate surface area is 213 Å². The van der Waals surface area contributed by atoms with Gasteiger partial charge in [-0.3, -0.25) is 14.8 Å². The zero-order valence-corrected chi connectivity index (χ0v) is 20.1. The second-order valence-electron chi connectivity index (χ2n) is 8.55. The van der Waals surface area contributed by atoms with Crippen LogP contribution >= 0.6 is 0 Å². The Hall–Kier alpha value is -4.72. The van der Waals surface area contributed by atoms with Crippen LogP contribution in [0.25, 0.3) is 22.5 Å². The lowest BCUT2D eigenvalue weighted by Crippen LogP contribution is -2.19. The van der Waals surface area contributed by atoms with E-state index in [-0.39, 0.29) is 16.9 Å². The third-order valence-electron chi connectivity index (χ3n) is 5.58. The topological polar surface area (TPSA) is 152 Å². The lowest BCUT2D eigenvalue weighted by atomic mass is 10.00. The summed E-state index contributed by atoms with van der Waals surface area (Å²) in [5.41, 5.74) is 6.72. The summed E-state index contributed by atoms with van der Waals surface area (Å²) in [6.45, 7) is 0.314. The normalized spacial score (nSPS) is 11.8. The van der Waals surface area contributed by atoms with Crippen LogP contribution in [-0.4, -0.2) is 55.2 Å². The Morgan fingerprint density at radius 1 is 1.18 bits per heavy atom. The monoisotopic (exact) mass is 530 g/mol. The van der Waals surface area contributed by atoms with Crippen LogP contribution in [-0.2, 0) is 12.7 Å². The van der Waals surface area contributed by atoms with E-state index < -0.39 is 52.0 Å². The van der Waals surface area contributed by atoms with Gasteiger partial charge in [-0.2, -0.15) is 18.3 Å². The van der Waals surface area contributed by atoms with Gasteiger partial charge in [0.15, 0.2) is 11.5 Å². The fraction of sp³-hybridized carbons (Fsp3) is 0.167. The number of hydrogen-bond acceptors (Lipinski definition) is 6. The number of benzene rings is 2. The number of primary amides is 1. The van der Waals surface area contributed by atoms with Crippen molar-refractivity contribution in [1.29, 1.82) is 5.41 Å². The zero-order chi connectivity index (χ0) is 27.9. The standard InChI is InChI=1S/C24H22F4N8O2/c1-34(2)11-17-32-8-9-35(17)15-5-3-4-13(19(15)25)18-20(23(31)38)36(33-21(18)24(26,27)28)12-6-7-16(37)14(10-12)22(29)30/h3-10,37H,11H2,1-2H3,(H3,29,30)(H2,31,38). The molecular weight excluding hydrogens is 508 g/mol. The van der Waals surface area contributed by atoms with E-state index in [1.54, 1.807) is 19.0 Å². The van der Waals surface area contributed by atoms with Gasteiger partial charge in [-0.15, -0.1) is 0 Å². The minimum absolute atomic E-state index is 0.100. The van der Waals surface area contributed by atoms with E-state index in [1.807, 2.05) is 0 Å². The van der Waals surface area contributed by atoms with Crippen molar-refractivity contribution >= 4 is 11.7 Å². The Morgan fingerprint density at radius 3 is 2.50 bits per heavy atom. The zero-order valence-electron chi connectivity index (χ0n) is 20.1. The van der Waals surface area contributed by atoms with E-state index in [1.165, 1.54) is 29.1 Å². The molecule has 0 atom stereocenters. The molecule has 198 valence electrons. The van der Waals surface area contributed by atoms with Crippen LogP contribution in [0.2, 0.25) is 0 Å². The van der Waals surface area contributed by atoms with Gasteiger partial charge in [-0.05, 0) is 38.4 Å². The first-order valence-corrected chi connectivity index (χ1v) is 10.9. The number of carbonyl (C=O) groups is 1. The van der Waals surface area contributed by atoms with Crippen LogP contribution in [0.5, 0.6) is 5.75 Å². The highest BCUT2D eigenvalue weighted by Crippen LogP contribution is 2.41. The maximum absolute atomic E-state index is 16.0. The van der Waals surface area contributed by atoms with Crippen LogP contribution in [0.1, 0.15) is 27.6 Å². The van der Waals surface area contributed by atoms with Gasteiger partial charge in [0.05, 0.1) is 23.5 Å². The van der Waals surface area contributed by atoms with Gasteiger partial charge < -0.3 is 21.5 Å². The molecule has 10 nitrogen and oxygen atoms in total. The predicted molar refractivity (Wildman–Crippen MR) is 130 cm³/mol. The van der Waals surface area contributed by atoms with E-state index in [0.717, 1.165) is 24.3 Å². The molecule has 0 aliphatic rings. The number of imidazole rings is 1. The molecule has 6 N–H and O–H groups in total. The largest absolute Gasteiger partial charge is 0.507 e. The minimum atomic E-state index is -5.11. The molecule has 2 heterocycles. The van der Waals surface area contributed by atoms with E-state index in [2.05, 4.69) is 10.1 Å². The van der Waals surface area contributed by atoms with E-state index in [4.69, 9.17) is 16.9 Å². The number of amidine groups is 1. The second kappa shape index (κ2) is 9.63. The summed E-state index contributed by atoms with van der Waals surface area (Å²) in [4.78, 5) is 18.5. The molecule has 0 bridgehead atoms. The fourth-order valence-electron chi connectivity index (χ4n) is 4.01. The molecule has 14 heteroatoms. The van der Waals surface area contributed by atoms with Crippen molar-refractivity contribution in [2.75, 3.05) is 14.1 Å². The van der Waals surface area contributed by atoms with Crippen molar-refractivity contribution in [2.24, 2.45) is 11.5 Å². The number of aromatic nitrogens is 4. The number of nitrogens with zero attached hydrogens (tertiary/aromatic N) is 5. The minimum Gasteiger partial charge on any atom is -0.507 e. The number of amides is 1. The van der Waals surface area contributed by atoms with Crippen molar-refractivity contribution in [1.82, 2.24) is 24.2 Å². The van der Waals surface area contributed by atoms with Crippen LogP contribution in [0.3, 0.4) is 0 Å². The van der Waals surface area contributed by atoms with Crippen LogP contribution in [0, 0.1) is 11.2 Å². The van der Waals surface area contributed by atoms with Crippen LogP contribution in [0.15, 0.2) is 48.8 Å². The molecule has 0 saturated heterocycles. The summed E-state index contributed by atoms with van der Waals surface area (Å²) in [6, 6.07) is 7.06. The Morgan fingerprint density at radius 2 is 1.89 bits per heavy atom. The molecule has 0 aliphatic carbocycles. The molecule has 0 aliphatic heterocycles. The molecular formula is C24H22F4N8O2. The van der Waals surface area contributed by atoms with E-state index in [9.17, 15) is 23.1 Å². The molecule has 0 radical (unpaired) electrons. The van der Waals surface area contributed by atoms with Gasteiger partial charge in [0, 0.05) is 23.5 Å². The highest BCUT2D eigenvalue weighted by atomic mass is 19.4. The summed E-state index contributed by atoms with van der Waals surface area (Å²) in [6.07, 6.45) is -2.22. The number of phenols is 1. The SMILES string of the molecule is CN(C)Cc1nccn1-c1cccc(-c2c(C(F)(F)F)nn(-c3ccc(O)c(C(=N)N)c3)c2C(N)=O)c1F. The van der Waals surface area contributed by atoms with Gasteiger partial charge in [-0.1, -0.05) is 12.1 Å². The van der Waals surface area contributed by atoms with Gasteiger partial charge in [0.2, 0.25) is 0 Å². The molecule has 4 rings (SSSR count). The Kier molecular flexibility index (Phi) is 6.67. The number of nitrogen functional groups attached to an aromatic ring is 1. The first kappa shape index (κ1) is 26.3. The molecule has 38 heavy (non-hydrogen) atoms. The quantitative estimate of drug-likeness (QED) is 0.164. The van der Waals surface area contributed by atoms with Crippen molar-refractivity contribution in [3.8, 4) is 28.3 Å². The molecule has 0 spiro atoms. The number of hydrogen-bond donors (Lipinski definition) is 4. The van der Waals surface area contributed by atoms with E-state index >= 15 is 4.39 Å². The summed E-state index contributed by atoms with van der Waals surface area (Å²) in [7, 11) is 3.55. The van der Waals surface area contributed by atoms with Crippen molar-refractivity contribution in [3.63, 3.8) is 0 Å². The summed E-state index contributed by atoms with van der Waals surface area (Å²) >= 11 is 0. The lowest BCUT2D eigenvalue weighted by Gasteiger charge is -2.15. The number of halogens is 4. The van der Waals surface area contributed by atoms with Crippen LogP contribution in [0.4, 0.5) is 17.6 Å². The van der Waals surface area contributed by atoms with Gasteiger partial charge in [0.25, 0.3) is 5.91 Å². The number of nitrogens with two attached hydrogens (primary N) is 2. The molecule has 1 amide bonds. The van der Waals surface area contributed by atoms with Crippen molar-refractivity contribution < 1.29 is 27.5 Å². The summed E-state index contributed by atoms with van der Waals surface area (Å²) < 4.78 is 60.6. The second-order valence-corrected chi connectivity index (χ2v) is 8.55. The first-order valence-electron chi connectivity index (χ1n) is 10.9. The first-order chi connectivity index (χ1) is 17.8. The number of aromatic hydroxyl groups is 1. The van der Waals surface area contributed by atoms with Crippen LogP contribution < -0.4 is 11.5 Å². The predicted octanol–water partition coefficient (Wildman–Crippen LogP) is 3.03. The summed E-state index contributed by atoms with van der Waals surface area (Å²) in [5.74, 6) is -2.96. The average molecular weight is 530 g/mol. The van der Waals surface area contributed by atoms with Crippen molar-refractivity contribution in [2.45, 2.75) is 12.7 Å². The third-order valence-corrected chi connectivity index (χ3v) is 5.58. The smallest absolute Gasteiger partial charge is 0.435 e. The molecule has 2 aromatic heterocycles. The maximum atomic E-state index is 16.0. The number of nitrogens with one attached hydrogen (secondary N) is 1. The maximum Gasteiger partial charge on any atom is 0.435 e. The molecule has 0 unspecified atom stereocenters. The fourth-order valence-corrected chi connectivity index (χ4v) is 4.01. The van der Waals surface area contributed by atoms with Crippen molar-refractivity contribution in [3.05, 3.63) is 77.4 Å². The lowest BCUT2D eigenvalue weighted by molar-refractivity contribution is -0.140. The van der Waals surface area contributed by atoms with Gasteiger partial charge in [0.1, 0.15) is 23.1 Å². The molecule has 0 fully saturated rings. The summed E-state index contributed by atoms with van der Waals surface area (Å²) in [5, 5.41) is 21.1. The number of rotatable bonds is 7. The third kappa shape index (κ3) is 4.68. The van der Waals surface area contributed by atoms with Gasteiger partial charge in [-0.25, -0.2) is 14.1 Å². The highest BCUT2D eigenvalue weighted by Gasteiger charge is 2.42. The number of alkyl halides is 3. The average Bonchev–Trinajstić information content (AvgIpc) is 3.44. The molecule has 4 aromatic rings. The molecule has 0 saturated carbocycles. The number of carbonyl (C=O) groups excluding carboxylic acids is 1. The van der Waals surface area contributed by atoms with E-state index in [0.29, 0.717) is 17.1 Å². The Bertz CT molecular complexity index is 1560. The Balaban J connectivity index is 2.03. The van der Waals surface area contributed by atoms with Gasteiger partial charge >= 0.3 is 6.18 Å². The highest BCUT2D eigenvalue weighted by molar-refractivity contribution is 6.01. The molecule has 2 aromatic carbocycles. The number of phenolic OH excluding ortho intramolecular Hbond substituents is 1.